The van der Waals surface area contributed by atoms with Crippen LogP contribution in [0.25, 0.3) is 0 Å². The Bertz CT molecular complexity index is 339. The monoisotopic (exact) mass is 218 g/mol. The summed E-state index contributed by atoms with van der Waals surface area (Å²) in [7, 11) is 0. The van der Waals surface area contributed by atoms with E-state index < -0.39 is 11.8 Å². The third-order valence-electron chi connectivity index (χ3n) is 1.81. The van der Waals surface area contributed by atoms with Crippen molar-refractivity contribution in [3.05, 3.63) is 35.4 Å². The predicted molar refractivity (Wildman–Crippen MR) is 50.7 cm³/mol. The van der Waals surface area contributed by atoms with Gasteiger partial charge in [0.2, 0.25) is 0 Å². The van der Waals surface area contributed by atoms with E-state index in [1.54, 1.807) is 6.07 Å². The highest BCUT2D eigenvalue weighted by atomic mass is 35.5. The molecule has 0 radical (unpaired) electrons. The van der Waals surface area contributed by atoms with Gasteiger partial charge in [-0.25, -0.2) is 8.78 Å². The van der Waals surface area contributed by atoms with Crippen LogP contribution in [-0.4, -0.2) is 5.78 Å². The van der Waals surface area contributed by atoms with Crippen LogP contribution in [0.5, 0.6) is 0 Å². The summed E-state index contributed by atoms with van der Waals surface area (Å²) in [5, 5.41) is -0.839. The molecule has 4 heteroatoms. The van der Waals surface area contributed by atoms with E-state index in [9.17, 15) is 13.6 Å². The van der Waals surface area contributed by atoms with Crippen LogP contribution in [-0.2, 0) is 4.79 Å². The minimum absolute atomic E-state index is 0.116. The first-order valence-corrected chi connectivity index (χ1v) is 4.48. The van der Waals surface area contributed by atoms with Crippen LogP contribution in [0.1, 0.15) is 29.9 Å². The van der Waals surface area contributed by atoms with Crippen molar-refractivity contribution in [2.75, 3.05) is 0 Å². The molecule has 0 amide bonds. The highest BCUT2D eigenvalue weighted by molar-refractivity contribution is 6.30. The van der Waals surface area contributed by atoms with Crippen molar-refractivity contribution < 1.29 is 13.6 Å². The third-order valence-corrected chi connectivity index (χ3v) is 2.37. The van der Waals surface area contributed by atoms with Crippen LogP contribution >= 0.6 is 11.6 Å². The number of hydrogen-bond acceptors (Lipinski definition) is 1. The van der Waals surface area contributed by atoms with Gasteiger partial charge in [0.15, 0.2) is 5.78 Å². The Kier molecular flexibility index (Phi) is 3.58. The molecule has 1 rings (SSSR count). The second kappa shape index (κ2) is 4.51. The highest BCUT2D eigenvalue weighted by Gasteiger charge is 2.15. The molecule has 1 aromatic rings. The average molecular weight is 219 g/mol. The SMILES string of the molecule is CC(=O)C(Cl)c1cccc(C(F)F)c1. The molecule has 0 aliphatic carbocycles. The summed E-state index contributed by atoms with van der Waals surface area (Å²) in [6, 6.07) is 5.59. The van der Waals surface area contributed by atoms with Gasteiger partial charge in [-0.1, -0.05) is 18.2 Å². The normalized spacial score (nSPS) is 12.9. The Balaban J connectivity index is 2.99. The number of rotatable bonds is 3. The lowest BCUT2D eigenvalue weighted by molar-refractivity contribution is -0.116. The maximum Gasteiger partial charge on any atom is 0.263 e. The van der Waals surface area contributed by atoms with Gasteiger partial charge in [0.05, 0.1) is 0 Å². The Hall–Kier alpha value is -0.960. The van der Waals surface area contributed by atoms with Crippen molar-refractivity contribution in [3.8, 4) is 0 Å². The zero-order valence-electron chi connectivity index (χ0n) is 7.51. The van der Waals surface area contributed by atoms with Gasteiger partial charge in [0.25, 0.3) is 6.43 Å². The molecule has 0 N–H and O–H groups in total. The number of benzene rings is 1. The van der Waals surface area contributed by atoms with Crippen LogP contribution in [0.3, 0.4) is 0 Å². The molecule has 76 valence electrons. The number of ketones is 1. The molecule has 14 heavy (non-hydrogen) atoms. The van der Waals surface area contributed by atoms with Gasteiger partial charge in [0.1, 0.15) is 5.38 Å². The lowest BCUT2D eigenvalue weighted by atomic mass is 10.1. The van der Waals surface area contributed by atoms with E-state index in [4.69, 9.17) is 11.6 Å². The summed E-state index contributed by atoms with van der Waals surface area (Å²) in [4.78, 5) is 10.9. The Morgan fingerprint density at radius 2 is 1.93 bits per heavy atom. The largest absolute Gasteiger partial charge is 0.298 e. The van der Waals surface area contributed by atoms with Gasteiger partial charge in [-0.2, -0.15) is 0 Å². The van der Waals surface area contributed by atoms with E-state index in [2.05, 4.69) is 0 Å². The van der Waals surface area contributed by atoms with E-state index in [1.807, 2.05) is 0 Å². The van der Waals surface area contributed by atoms with E-state index >= 15 is 0 Å². The molecule has 1 unspecified atom stereocenters. The fourth-order valence-corrected chi connectivity index (χ4v) is 1.22. The Morgan fingerprint density at radius 1 is 1.36 bits per heavy atom. The molecular weight excluding hydrogens is 210 g/mol. The molecule has 1 atom stereocenters. The quantitative estimate of drug-likeness (QED) is 0.710. The van der Waals surface area contributed by atoms with Crippen molar-refractivity contribution in [2.24, 2.45) is 0 Å². The number of alkyl halides is 3. The standard InChI is InChI=1S/C10H9ClF2O/c1-6(14)9(11)7-3-2-4-8(5-7)10(12)13/h2-5,9-10H,1H3. The van der Waals surface area contributed by atoms with E-state index in [0.29, 0.717) is 5.56 Å². The second-order valence-electron chi connectivity index (χ2n) is 2.94. The van der Waals surface area contributed by atoms with E-state index in [1.165, 1.54) is 25.1 Å². The molecule has 1 aromatic carbocycles. The lowest BCUT2D eigenvalue weighted by Crippen LogP contribution is -2.02. The van der Waals surface area contributed by atoms with Gasteiger partial charge in [-0.3, -0.25) is 4.79 Å². The predicted octanol–water partition coefficient (Wildman–Crippen LogP) is 3.49. The number of halogens is 3. The fraction of sp³-hybridized carbons (Fsp3) is 0.300. The molecule has 0 fully saturated rings. The summed E-state index contributed by atoms with van der Waals surface area (Å²) in [5.74, 6) is -0.252. The fourth-order valence-electron chi connectivity index (χ4n) is 1.09. The van der Waals surface area contributed by atoms with Crippen LogP contribution in [0.4, 0.5) is 8.78 Å². The smallest absolute Gasteiger partial charge is 0.263 e. The average Bonchev–Trinajstić information content (AvgIpc) is 2.16. The molecule has 0 saturated carbocycles. The van der Waals surface area contributed by atoms with E-state index in [-0.39, 0.29) is 11.3 Å². The van der Waals surface area contributed by atoms with Crippen LogP contribution < -0.4 is 0 Å². The number of carbonyl (C=O) groups is 1. The zero-order valence-corrected chi connectivity index (χ0v) is 8.26. The lowest BCUT2D eigenvalue weighted by Gasteiger charge is -2.07. The van der Waals surface area contributed by atoms with Gasteiger partial charge < -0.3 is 0 Å². The summed E-state index contributed by atoms with van der Waals surface area (Å²) < 4.78 is 24.6. The molecular formula is C10H9ClF2O. The zero-order chi connectivity index (χ0) is 10.7. The van der Waals surface area contributed by atoms with Crippen LogP contribution in [0.15, 0.2) is 24.3 Å². The van der Waals surface area contributed by atoms with Gasteiger partial charge in [-0.05, 0) is 18.6 Å². The number of carbonyl (C=O) groups excluding carboxylic acids is 1. The topological polar surface area (TPSA) is 17.1 Å². The third kappa shape index (κ3) is 2.51. The number of Topliss-reactive ketones (excluding diaryl/α,β-unsaturated/α-hetero) is 1. The van der Waals surface area contributed by atoms with Crippen molar-refractivity contribution >= 4 is 17.4 Å². The number of hydrogen-bond donors (Lipinski definition) is 0. The molecule has 0 bridgehead atoms. The van der Waals surface area contributed by atoms with Crippen molar-refractivity contribution in [1.82, 2.24) is 0 Å². The molecule has 0 spiro atoms. The first kappa shape index (κ1) is 11.1. The first-order valence-electron chi connectivity index (χ1n) is 4.05. The second-order valence-corrected chi connectivity index (χ2v) is 3.38. The summed E-state index contributed by atoms with van der Waals surface area (Å²) in [6.07, 6.45) is -2.54. The summed E-state index contributed by atoms with van der Waals surface area (Å²) in [5.41, 5.74) is 0.298. The summed E-state index contributed by atoms with van der Waals surface area (Å²) in [6.45, 7) is 1.33. The van der Waals surface area contributed by atoms with E-state index in [0.717, 1.165) is 0 Å². The van der Waals surface area contributed by atoms with Crippen LogP contribution in [0, 0.1) is 0 Å². The van der Waals surface area contributed by atoms with Crippen molar-refractivity contribution in [2.45, 2.75) is 18.7 Å². The first-order chi connectivity index (χ1) is 6.52. The molecule has 1 nitrogen and oxygen atoms in total. The minimum atomic E-state index is -2.54. The highest BCUT2D eigenvalue weighted by Crippen LogP contribution is 2.26. The van der Waals surface area contributed by atoms with Gasteiger partial charge in [-0.15, -0.1) is 11.6 Å². The minimum Gasteiger partial charge on any atom is -0.298 e. The van der Waals surface area contributed by atoms with Crippen LogP contribution in [0.2, 0.25) is 0 Å². The molecule has 0 heterocycles. The molecule has 0 saturated heterocycles. The maximum absolute atomic E-state index is 12.3. The molecule has 0 aliphatic heterocycles. The Morgan fingerprint density at radius 3 is 2.43 bits per heavy atom. The van der Waals surface area contributed by atoms with Crippen molar-refractivity contribution in [3.63, 3.8) is 0 Å². The maximum atomic E-state index is 12.3. The molecule has 0 aromatic heterocycles. The molecule has 0 aliphatic rings. The Labute approximate surface area is 85.7 Å². The summed E-state index contributed by atoms with van der Waals surface area (Å²) >= 11 is 5.72. The van der Waals surface area contributed by atoms with Gasteiger partial charge in [0, 0.05) is 5.56 Å². The van der Waals surface area contributed by atoms with Crippen molar-refractivity contribution in [1.29, 1.82) is 0 Å². The van der Waals surface area contributed by atoms with Gasteiger partial charge >= 0.3 is 0 Å².